The highest BCUT2D eigenvalue weighted by atomic mass is 32.2. The first-order chi connectivity index (χ1) is 15.7. The Morgan fingerprint density at radius 1 is 1.00 bits per heavy atom. The number of nitrogens with zero attached hydrogens (tertiary/aromatic N) is 2. The highest BCUT2D eigenvalue weighted by Gasteiger charge is 2.29. The standard InChI is InChI=1S/C25H26FN3O3S/c1-18-12-19(2)25(20(3)13-18)33(31,32)29(16-21-8-5-4-6-9-21)17-24(30)28-27-15-22-10-7-11-23(26)14-22/h4-15H,16-17H2,1-3H3,(H,28,30)/b27-15-. The van der Waals surface area contributed by atoms with E-state index in [4.69, 9.17) is 0 Å². The van der Waals surface area contributed by atoms with Crippen molar-refractivity contribution in [1.29, 1.82) is 0 Å². The minimum atomic E-state index is -3.98. The Kier molecular flexibility index (Phi) is 7.73. The van der Waals surface area contributed by atoms with Gasteiger partial charge in [-0.2, -0.15) is 9.41 Å². The molecule has 0 saturated carbocycles. The average Bonchev–Trinajstić information content (AvgIpc) is 2.73. The zero-order valence-corrected chi connectivity index (χ0v) is 19.6. The Bertz CT molecular complexity index is 1250. The van der Waals surface area contributed by atoms with Crippen molar-refractivity contribution in [2.75, 3.05) is 6.54 Å². The molecule has 0 aliphatic rings. The SMILES string of the molecule is Cc1cc(C)c(S(=O)(=O)N(CC(=O)N/N=C\c2cccc(F)c2)Cc2ccccc2)c(C)c1. The number of hydrogen-bond acceptors (Lipinski definition) is 4. The Morgan fingerprint density at radius 3 is 2.30 bits per heavy atom. The lowest BCUT2D eigenvalue weighted by Gasteiger charge is -2.24. The first-order valence-corrected chi connectivity index (χ1v) is 11.8. The lowest BCUT2D eigenvalue weighted by molar-refractivity contribution is -0.121. The third kappa shape index (κ3) is 6.34. The van der Waals surface area contributed by atoms with Crippen molar-refractivity contribution in [3.8, 4) is 0 Å². The first-order valence-electron chi connectivity index (χ1n) is 10.4. The second-order valence-electron chi connectivity index (χ2n) is 7.83. The van der Waals surface area contributed by atoms with Gasteiger partial charge >= 0.3 is 0 Å². The fourth-order valence-corrected chi connectivity index (χ4v) is 5.47. The summed E-state index contributed by atoms with van der Waals surface area (Å²) in [7, 11) is -3.98. The Hall–Kier alpha value is -3.36. The van der Waals surface area contributed by atoms with Crippen molar-refractivity contribution >= 4 is 22.1 Å². The van der Waals surface area contributed by atoms with Crippen molar-refractivity contribution in [2.24, 2.45) is 5.10 Å². The van der Waals surface area contributed by atoms with Gasteiger partial charge in [0.2, 0.25) is 10.0 Å². The van der Waals surface area contributed by atoms with Crippen LogP contribution < -0.4 is 5.43 Å². The molecule has 0 heterocycles. The third-order valence-electron chi connectivity index (χ3n) is 4.98. The van der Waals surface area contributed by atoms with Gasteiger partial charge in [0.1, 0.15) is 5.82 Å². The quantitative estimate of drug-likeness (QED) is 0.400. The molecule has 0 fully saturated rings. The normalized spacial score (nSPS) is 11.8. The molecular formula is C25H26FN3O3S. The largest absolute Gasteiger partial charge is 0.272 e. The van der Waals surface area contributed by atoms with Crippen LogP contribution in [0.25, 0.3) is 0 Å². The molecule has 0 unspecified atom stereocenters. The third-order valence-corrected chi connectivity index (χ3v) is 7.07. The molecule has 6 nitrogen and oxygen atoms in total. The van der Waals surface area contributed by atoms with Gasteiger partial charge in [0.25, 0.3) is 5.91 Å². The van der Waals surface area contributed by atoms with E-state index in [1.165, 1.54) is 24.4 Å². The fraction of sp³-hybridized carbons (Fsp3) is 0.200. The molecule has 0 saturated heterocycles. The number of amides is 1. The van der Waals surface area contributed by atoms with Crippen molar-refractivity contribution < 1.29 is 17.6 Å². The second kappa shape index (κ2) is 10.5. The number of hydrazone groups is 1. The van der Waals surface area contributed by atoms with Crippen LogP contribution in [0.5, 0.6) is 0 Å². The van der Waals surface area contributed by atoms with Crippen LogP contribution in [-0.2, 0) is 21.4 Å². The van der Waals surface area contributed by atoms with Crippen LogP contribution in [0.15, 0.2) is 76.7 Å². The average molecular weight is 468 g/mol. The molecular weight excluding hydrogens is 441 g/mol. The van der Waals surface area contributed by atoms with E-state index < -0.39 is 28.3 Å². The molecule has 33 heavy (non-hydrogen) atoms. The monoisotopic (exact) mass is 467 g/mol. The predicted octanol–water partition coefficient (Wildman–Crippen LogP) is 4.09. The summed E-state index contributed by atoms with van der Waals surface area (Å²) in [5.74, 6) is -1.03. The molecule has 0 spiro atoms. The van der Waals surface area contributed by atoms with Crippen molar-refractivity contribution in [2.45, 2.75) is 32.2 Å². The number of aryl methyl sites for hydroxylation is 3. The minimum absolute atomic E-state index is 0.0248. The van der Waals surface area contributed by atoms with Gasteiger partial charge in [0.15, 0.2) is 0 Å². The van der Waals surface area contributed by atoms with Gasteiger partial charge in [0.05, 0.1) is 17.7 Å². The summed E-state index contributed by atoms with van der Waals surface area (Å²) in [6.07, 6.45) is 1.30. The molecule has 0 aromatic heterocycles. The van der Waals surface area contributed by atoms with Crippen LogP contribution in [-0.4, -0.2) is 31.4 Å². The minimum Gasteiger partial charge on any atom is -0.272 e. The van der Waals surface area contributed by atoms with Gasteiger partial charge in [-0.05, 0) is 55.2 Å². The zero-order valence-electron chi connectivity index (χ0n) is 18.7. The molecule has 0 aliphatic heterocycles. The number of nitrogens with one attached hydrogen (secondary N) is 1. The highest BCUT2D eigenvalue weighted by Crippen LogP contribution is 2.26. The lowest BCUT2D eigenvalue weighted by Crippen LogP contribution is -2.39. The van der Waals surface area contributed by atoms with E-state index in [0.29, 0.717) is 16.7 Å². The molecule has 1 amide bonds. The van der Waals surface area contributed by atoms with Crippen molar-refractivity contribution in [1.82, 2.24) is 9.73 Å². The number of carbonyl (C=O) groups is 1. The lowest BCUT2D eigenvalue weighted by atomic mass is 10.1. The van der Waals surface area contributed by atoms with Crippen LogP contribution >= 0.6 is 0 Å². The smallest absolute Gasteiger partial charge is 0.255 e. The Labute approximate surface area is 193 Å². The first kappa shape index (κ1) is 24.3. The molecule has 3 rings (SSSR count). The Balaban J connectivity index is 1.86. The van der Waals surface area contributed by atoms with Gasteiger partial charge in [0, 0.05) is 6.54 Å². The van der Waals surface area contributed by atoms with E-state index in [2.05, 4.69) is 10.5 Å². The van der Waals surface area contributed by atoms with Gasteiger partial charge in [-0.15, -0.1) is 0 Å². The molecule has 8 heteroatoms. The van der Waals surface area contributed by atoms with Crippen LogP contribution in [0.3, 0.4) is 0 Å². The van der Waals surface area contributed by atoms with Crippen LogP contribution in [0.1, 0.15) is 27.8 Å². The number of rotatable bonds is 8. The summed E-state index contributed by atoms with van der Waals surface area (Å²) >= 11 is 0. The van der Waals surface area contributed by atoms with Gasteiger partial charge in [-0.3, -0.25) is 4.79 Å². The van der Waals surface area contributed by atoms with E-state index >= 15 is 0 Å². The molecule has 0 aliphatic carbocycles. The van der Waals surface area contributed by atoms with Gasteiger partial charge in [-0.25, -0.2) is 18.2 Å². The zero-order chi connectivity index (χ0) is 24.0. The maximum atomic E-state index is 13.6. The summed E-state index contributed by atoms with van der Waals surface area (Å²) in [6, 6.07) is 18.4. The predicted molar refractivity (Wildman–Crippen MR) is 127 cm³/mol. The van der Waals surface area contributed by atoms with Crippen molar-refractivity contribution in [3.05, 3.63) is 100 Å². The number of carbonyl (C=O) groups excluding carboxylic acids is 1. The number of hydrogen-bond donors (Lipinski definition) is 1. The van der Waals surface area contributed by atoms with Gasteiger partial charge < -0.3 is 0 Å². The summed E-state index contributed by atoms with van der Waals surface area (Å²) < 4.78 is 41.7. The molecule has 3 aromatic carbocycles. The van der Waals surface area contributed by atoms with E-state index in [9.17, 15) is 17.6 Å². The van der Waals surface area contributed by atoms with Crippen molar-refractivity contribution in [3.63, 3.8) is 0 Å². The summed E-state index contributed by atoms with van der Waals surface area (Å²) in [5.41, 5.74) is 5.75. The molecule has 1 N–H and O–H groups in total. The number of sulfonamides is 1. The molecule has 0 bridgehead atoms. The summed E-state index contributed by atoms with van der Waals surface area (Å²) in [5, 5.41) is 3.83. The molecule has 172 valence electrons. The second-order valence-corrected chi connectivity index (χ2v) is 9.71. The molecule has 0 atom stereocenters. The van der Waals surface area contributed by atoms with E-state index in [1.807, 2.05) is 37.3 Å². The number of benzene rings is 3. The van der Waals surface area contributed by atoms with Crippen LogP contribution in [0.4, 0.5) is 4.39 Å². The maximum Gasteiger partial charge on any atom is 0.255 e. The van der Waals surface area contributed by atoms with E-state index in [0.717, 1.165) is 15.4 Å². The van der Waals surface area contributed by atoms with Gasteiger partial charge in [-0.1, -0.05) is 60.2 Å². The Morgan fingerprint density at radius 2 is 1.67 bits per heavy atom. The van der Waals surface area contributed by atoms with E-state index in [-0.39, 0.29) is 11.4 Å². The topological polar surface area (TPSA) is 78.8 Å². The fourth-order valence-electron chi connectivity index (χ4n) is 3.68. The summed E-state index contributed by atoms with van der Waals surface area (Å²) in [6.45, 7) is 5.00. The maximum absolute atomic E-state index is 13.6. The van der Waals surface area contributed by atoms with Crippen LogP contribution in [0, 0.1) is 26.6 Å². The van der Waals surface area contributed by atoms with Crippen LogP contribution in [0.2, 0.25) is 0 Å². The number of halogens is 1. The highest BCUT2D eigenvalue weighted by molar-refractivity contribution is 7.89. The molecule has 0 radical (unpaired) electrons. The summed E-state index contributed by atoms with van der Waals surface area (Å²) in [4.78, 5) is 12.8. The molecule has 3 aromatic rings. The van der Waals surface area contributed by atoms with E-state index in [1.54, 1.807) is 32.0 Å².